The molecule has 1 aliphatic rings. The summed E-state index contributed by atoms with van der Waals surface area (Å²) in [5.41, 5.74) is 0.885. The molecule has 3 aromatic carbocycles. The summed E-state index contributed by atoms with van der Waals surface area (Å²) in [5.74, 6) is -0.501. The zero-order chi connectivity index (χ0) is 26.2. The molecule has 1 N–H and O–H groups in total. The van der Waals surface area contributed by atoms with Crippen LogP contribution in [0.3, 0.4) is 0 Å². The Balaban J connectivity index is 1.32. The van der Waals surface area contributed by atoms with E-state index in [4.69, 9.17) is 4.42 Å². The monoisotopic (exact) mass is 508 g/mol. The predicted octanol–water partition coefficient (Wildman–Crippen LogP) is 6.56. The molecule has 0 radical (unpaired) electrons. The van der Waals surface area contributed by atoms with Crippen LogP contribution in [0, 0.1) is 5.82 Å². The smallest absolute Gasteiger partial charge is 0.416 e. The van der Waals surface area contributed by atoms with Crippen molar-refractivity contribution < 1.29 is 31.6 Å². The lowest BCUT2D eigenvalue weighted by Gasteiger charge is -2.26. The number of halogens is 4. The lowest BCUT2D eigenvalue weighted by atomic mass is 10.0. The first kappa shape index (κ1) is 24.3. The first-order valence-corrected chi connectivity index (χ1v) is 11.4. The summed E-state index contributed by atoms with van der Waals surface area (Å²) in [6, 6.07) is 18.7. The van der Waals surface area contributed by atoms with E-state index in [1.54, 1.807) is 36.4 Å². The summed E-state index contributed by atoms with van der Waals surface area (Å²) in [5, 5.41) is 2.67. The molecule has 1 aliphatic heterocycles. The standard InChI is InChI=1S/C28H20F4N2O3/c29-23-10-2-1-9-22(23)26(35)33-21-8-4-5-17(14-21)25-15-19-16-34(12-11-24(19)37-25)27(36)18-6-3-7-20(13-18)28(30,31)32/h1-10,13-15H,11-12,16H2,(H,33,35). The van der Waals surface area contributed by atoms with Crippen LogP contribution in [-0.4, -0.2) is 23.3 Å². The van der Waals surface area contributed by atoms with Gasteiger partial charge in [0.1, 0.15) is 17.3 Å². The first-order chi connectivity index (χ1) is 17.7. The van der Waals surface area contributed by atoms with Crippen LogP contribution in [-0.2, 0) is 19.1 Å². The van der Waals surface area contributed by atoms with Gasteiger partial charge in [-0.25, -0.2) is 4.39 Å². The van der Waals surface area contributed by atoms with Crippen molar-refractivity contribution >= 4 is 17.5 Å². The van der Waals surface area contributed by atoms with E-state index in [9.17, 15) is 27.2 Å². The van der Waals surface area contributed by atoms with E-state index in [1.807, 2.05) is 0 Å². The minimum atomic E-state index is -4.53. The van der Waals surface area contributed by atoms with E-state index in [-0.39, 0.29) is 17.7 Å². The molecule has 0 bridgehead atoms. The summed E-state index contributed by atoms with van der Waals surface area (Å²) in [4.78, 5) is 26.9. The molecule has 0 spiro atoms. The molecule has 0 saturated carbocycles. The Morgan fingerprint density at radius 1 is 0.919 bits per heavy atom. The van der Waals surface area contributed by atoms with Gasteiger partial charge in [0.25, 0.3) is 11.8 Å². The van der Waals surface area contributed by atoms with Crippen LogP contribution < -0.4 is 5.32 Å². The average Bonchev–Trinajstić information content (AvgIpc) is 3.32. The fourth-order valence-electron chi connectivity index (χ4n) is 4.25. The Bertz CT molecular complexity index is 1490. The molecule has 0 atom stereocenters. The van der Waals surface area contributed by atoms with E-state index in [0.717, 1.165) is 17.7 Å². The lowest BCUT2D eigenvalue weighted by Crippen LogP contribution is -2.35. The van der Waals surface area contributed by atoms with Crippen LogP contribution >= 0.6 is 0 Å². The molecule has 0 aliphatic carbocycles. The van der Waals surface area contributed by atoms with Crippen molar-refractivity contribution in [2.75, 3.05) is 11.9 Å². The lowest BCUT2D eigenvalue weighted by molar-refractivity contribution is -0.137. The summed E-state index contributed by atoms with van der Waals surface area (Å²) in [7, 11) is 0. The van der Waals surface area contributed by atoms with Gasteiger partial charge in [-0.15, -0.1) is 0 Å². The molecule has 37 heavy (non-hydrogen) atoms. The molecule has 5 rings (SSSR count). The zero-order valence-corrected chi connectivity index (χ0v) is 19.3. The van der Waals surface area contributed by atoms with Gasteiger partial charge in [0.2, 0.25) is 0 Å². The highest BCUT2D eigenvalue weighted by Crippen LogP contribution is 2.33. The van der Waals surface area contributed by atoms with Crippen molar-refractivity contribution in [1.82, 2.24) is 4.90 Å². The van der Waals surface area contributed by atoms with Crippen LogP contribution in [0.1, 0.15) is 37.6 Å². The number of fused-ring (bicyclic) bond motifs is 1. The largest absolute Gasteiger partial charge is 0.461 e. The van der Waals surface area contributed by atoms with E-state index in [0.29, 0.717) is 35.7 Å². The van der Waals surface area contributed by atoms with Crippen molar-refractivity contribution in [3.8, 4) is 11.3 Å². The third-order valence-corrected chi connectivity index (χ3v) is 6.11. The van der Waals surface area contributed by atoms with Crippen molar-refractivity contribution in [3.05, 3.63) is 113 Å². The second-order valence-corrected chi connectivity index (χ2v) is 8.63. The molecule has 188 valence electrons. The summed E-state index contributed by atoms with van der Waals surface area (Å²) >= 11 is 0. The average molecular weight is 508 g/mol. The molecule has 2 heterocycles. The predicted molar refractivity (Wildman–Crippen MR) is 128 cm³/mol. The van der Waals surface area contributed by atoms with Gasteiger partial charge in [-0.3, -0.25) is 9.59 Å². The second-order valence-electron chi connectivity index (χ2n) is 8.63. The van der Waals surface area contributed by atoms with Gasteiger partial charge in [0.05, 0.1) is 11.1 Å². The first-order valence-electron chi connectivity index (χ1n) is 11.4. The number of carbonyl (C=O) groups excluding carboxylic acids is 2. The Morgan fingerprint density at radius 3 is 2.49 bits per heavy atom. The number of carbonyl (C=O) groups is 2. The van der Waals surface area contributed by atoms with Crippen molar-refractivity contribution in [2.24, 2.45) is 0 Å². The molecule has 9 heteroatoms. The van der Waals surface area contributed by atoms with Crippen molar-refractivity contribution in [3.63, 3.8) is 0 Å². The highest BCUT2D eigenvalue weighted by atomic mass is 19.4. The molecule has 1 aromatic heterocycles. The Hall–Kier alpha value is -4.40. The molecular formula is C28H20F4N2O3. The van der Waals surface area contributed by atoms with Gasteiger partial charge in [0, 0.05) is 41.9 Å². The molecular weight excluding hydrogens is 488 g/mol. The third kappa shape index (κ3) is 5.11. The van der Waals surface area contributed by atoms with Crippen LogP contribution in [0.25, 0.3) is 11.3 Å². The Labute approximate surface area is 209 Å². The third-order valence-electron chi connectivity index (χ3n) is 6.11. The number of hydrogen-bond donors (Lipinski definition) is 1. The van der Waals surface area contributed by atoms with Crippen molar-refractivity contribution in [1.29, 1.82) is 0 Å². The maximum Gasteiger partial charge on any atom is 0.416 e. The summed E-state index contributed by atoms with van der Waals surface area (Å²) in [6.45, 7) is 0.491. The van der Waals surface area contributed by atoms with Crippen LogP contribution in [0.4, 0.5) is 23.2 Å². The number of hydrogen-bond acceptors (Lipinski definition) is 3. The Kier molecular flexibility index (Phi) is 6.29. The van der Waals surface area contributed by atoms with Gasteiger partial charge in [0.15, 0.2) is 0 Å². The Morgan fingerprint density at radius 2 is 1.70 bits per heavy atom. The molecule has 0 fully saturated rings. The van der Waals surface area contributed by atoms with Crippen LogP contribution in [0.5, 0.6) is 0 Å². The fraction of sp³-hybridized carbons (Fsp3) is 0.143. The number of alkyl halides is 3. The maximum atomic E-state index is 13.9. The van der Waals surface area contributed by atoms with Crippen LogP contribution in [0.2, 0.25) is 0 Å². The van der Waals surface area contributed by atoms with Crippen LogP contribution in [0.15, 0.2) is 83.3 Å². The molecule has 0 unspecified atom stereocenters. The number of benzene rings is 3. The number of amides is 2. The number of rotatable bonds is 4. The SMILES string of the molecule is O=C(Nc1cccc(-c2cc3c(o2)CCN(C(=O)c2cccc(C(F)(F)F)c2)C3)c1)c1ccccc1F. The van der Waals surface area contributed by atoms with E-state index < -0.39 is 29.4 Å². The van der Waals surface area contributed by atoms with Crippen molar-refractivity contribution in [2.45, 2.75) is 19.1 Å². The fourth-order valence-corrected chi connectivity index (χ4v) is 4.25. The summed E-state index contributed by atoms with van der Waals surface area (Å²) < 4.78 is 59.1. The van der Waals surface area contributed by atoms with Gasteiger partial charge in [-0.05, 0) is 48.5 Å². The van der Waals surface area contributed by atoms with E-state index in [1.165, 1.54) is 35.2 Å². The number of furan rings is 1. The highest BCUT2D eigenvalue weighted by molar-refractivity contribution is 6.04. The molecule has 5 nitrogen and oxygen atoms in total. The topological polar surface area (TPSA) is 62.6 Å². The number of nitrogens with zero attached hydrogens (tertiary/aromatic N) is 1. The van der Waals surface area contributed by atoms with E-state index >= 15 is 0 Å². The minimum absolute atomic E-state index is 0.0275. The highest BCUT2D eigenvalue weighted by Gasteiger charge is 2.32. The van der Waals surface area contributed by atoms with Gasteiger partial charge in [-0.2, -0.15) is 13.2 Å². The molecule has 2 amide bonds. The van der Waals surface area contributed by atoms with Gasteiger partial charge in [-0.1, -0.05) is 30.3 Å². The number of anilines is 1. The normalized spacial score (nSPS) is 13.2. The number of nitrogens with one attached hydrogen (secondary N) is 1. The molecule has 0 saturated heterocycles. The zero-order valence-electron chi connectivity index (χ0n) is 19.3. The van der Waals surface area contributed by atoms with Gasteiger partial charge < -0.3 is 14.6 Å². The summed E-state index contributed by atoms with van der Waals surface area (Å²) in [6.07, 6.45) is -4.13. The second kappa shape index (κ2) is 9.57. The van der Waals surface area contributed by atoms with Gasteiger partial charge >= 0.3 is 6.18 Å². The minimum Gasteiger partial charge on any atom is -0.461 e. The maximum absolute atomic E-state index is 13.9. The molecule has 4 aromatic rings. The van der Waals surface area contributed by atoms with E-state index in [2.05, 4.69) is 5.32 Å². The quantitative estimate of drug-likeness (QED) is 0.318.